The van der Waals surface area contributed by atoms with Crippen molar-refractivity contribution in [1.82, 2.24) is 14.6 Å². The molecule has 0 amide bonds. The minimum absolute atomic E-state index is 0.177. The van der Waals surface area contributed by atoms with E-state index in [1.165, 1.54) is 6.07 Å². The molecule has 6 heteroatoms. The average molecular weight is 387 g/mol. The topological polar surface area (TPSA) is 33.4 Å². The van der Waals surface area contributed by atoms with E-state index >= 15 is 0 Å². The Morgan fingerprint density at radius 1 is 1.11 bits per heavy atom. The van der Waals surface area contributed by atoms with Crippen LogP contribution in [0.2, 0.25) is 0 Å². The van der Waals surface area contributed by atoms with E-state index in [4.69, 9.17) is 10.1 Å². The molecule has 0 saturated carbocycles. The van der Waals surface area contributed by atoms with Crippen LogP contribution in [0.4, 0.5) is 10.1 Å². The van der Waals surface area contributed by atoms with Gasteiger partial charge in [-0.25, -0.2) is 13.9 Å². The van der Waals surface area contributed by atoms with Gasteiger partial charge in [-0.15, -0.1) is 11.8 Å². The normalized spacial score (nSPS) is 11.3. The molecule has 0 fully saturated rings. The van der Waals surface area contributed by atoms with Gasteiger partial charge in [-0.05, 0) is 63.9 Å². The van der Waals surface area contributed by atoms with Gasteiger partial charge in [-0.3, -0.25) is 0 Å². The van der Waals surface area contributed by atoms with Gasteiger partial charge in [-0.1, -0.05) is 6.92 Å². The molecular weight excluding hydrogens is 359 g/mol. The molecule has 0 spiro atoms. The molecule has 0 atom stereocenters. The Morgan fingerprint density at radius 2 is 1.85 bits per heavy atom. The number of nitrogens with zero attached hydrogens (tertiary/aromatic N) is 4. The van der Waals surface area contributed by atoms with Crippen molar-refractivity contribution >= 4 is 23.1 Å². The highest BCUT2D eigenvalue weighted by Crippen LogP contribution is 2.30. The number of hydrogen-bond donors (Lipinski definition) is 0. The highest BCUT2D eigenvalue weighted by molar-refractivity contribution is 7.98. The molecular formula is C21H27FN4S. The molecule has 3 rings (SSSR count). The molecule has 1 aromatic carbocycles. The van der Waals surface area contributed by atoms with Crippen LogP contribution in [0.1, 0.15) is 43.4 Å². The summed E-state index contributed by atoms with van der Waals surface area (Å²) in [5.74, 6) is 0.572. The van der Waals surface area contributed by atoms with E-state index in [9.17, 15) is 4.39 Å². The van der Waals surface area contributed by atoms with E-state index in [0.717, 1.165) is 64.1 Å². The Morgan fingerprint density at radius 3 is 2.52 bits per heavy atom. The lowest BCUT2D eigenvalue weighted by Crippen LogP contribution is -2.23. The number of anilines is 1. The summed E-state index contributed by atoms with van der Waals surface area (Å²) in [4.78, 5) is 8.25. The van der Waals surface area contributed by atoms with Crippen LogP contribution in [0.15, 0.2) is 29.2 Å². The third-order valence-corrected chi connectivity index (χ3v) is 5.98. The number of aryl methyl sites for hydroxylation is 3. The van der Waals surface area contributed by atoms with Crippen molar-refractivity contribution in [2.24, 2.45) is 0 Å². The van der Waals surface area contributed by atoms with E-state index in [0.29, 0.717) is 0 Å². The summed E-state index contributed by atoms with van der Waals surface area (Å²) in [5.41, 5.74) is 6.14. The zero-order valence-corrected chi connectivity index (χ0v) is 17.5. The molecule has 0 aliphatic carbocycles. The Hall–Kier alpha value is -2.08. The molecule has 27 heavy (non-hydrogen) atoms. The monoisotopic (exact) mass is 386 g/mol. The first-order valence-corrected chi connectivity index (χ1v) is 10.5. The summed E-state index contributed by atoms with van der Waals surface area (Å²) in [6, 6.07) is 7.15. The molecule has 4 nitrogen and oxygen atoms in total. The molecule has 0 unspecified atom stereocenters. The molecule has 0 bridgehead atoms. The minimum Gasteiger partial charge on any atom is -0.369 e. The number of imidazole rings is 1. The summed E-state index contributed by atoms with van der Waals surface area (Å²) in [5, 5.41) is 4.73. The summed E-state index contributed by atoms with van der Waals surface area (Å²) in [6.45, 7) is 12.3. The Labute approximate surface area is 164 Å². The maximum atomic E-state index is 13.5. The molecule has 0 aliphatic rings. The largest absolute Gasteiger partial charge is 0.369 e. The zero-order valence-electron chi connectivity index (χ0n) is 16.7. The van der Waals surface area contributed by atoms with Crippen molar-refractivity contribution in [3.05, 3.63) is 52.7 Å². The second-order valence-electron chi connectivity index (χ2n) is 6.62. The Balaban J connectivity index is 1.99. The molecule has 2 aromatic heterocycles. The predicted octanol–water partition coefficient (Wildman–Crippen LogP) is 5.19. The van der Waals surface area contributed by atoms with Crippen LogP contribution in [-0.2, 0) is 12.2 Å². The van der Waals surface area contributed by atoms with Gasteiger partial charge in [-0.2, -0.15) is 5.10 Å². The summed E-state index contributed by atoms with van der Waals surface area (Å²) in [7, 11) is 0. The highest BCUT2D eigenvalue weighted by atomic mass is 32.2. The number of rotatable bonds is 7. The average Bonchev–Trinajstić information content (AvgIpc) is 2.96. The van der Waals surface area contributed by atoms with Gasteiger partial charge < -0.3 is 4.90 Å². The van der Waals surface area contributed by atoms with Crippen LogP contribution in [-0.4, -0.2) is 27.7 Å². The number of fused-ring (bicyclic) bond motifs is 1. The number of thioether (sulfide) groups is 1. The van der Waals surface area contributed by atoms with Gasteiger partial charge in [0.05, 0.1) is 22.8 Å². The van der Waals surface area contributed by atoms with Crippen molar-refractivity contribution in [2.75, 3.05) is 18.0 Å². The third kappa shape index (κ3) is 3.95. The maximum Gasteiger partial charge on any atom is 0.177 e. The lowest BCUT2D eigenvalue weighted by molar-refractivity contribution is 0.624. The first-order chi connectivity index (χ1) is 13.0. The maximum absolute atomic E-state index is 13.5. The standard InChI is InChI=1S/C21H27FN4S/c1-6-16-12-17(22)9-10-20(16)27-13-19-15(5)23-21-18(25(7-2)8-3)11-14(4)24-26(19)21/h9-12H,6-8,13H2,1-5H3. The molecule has 3 aromatic rings. The van der Waals surface area contributed by atoms with Crippen molar-refractivity contribution < 1.29 is 4.39 Å². The Kier molecular flexibility index (Phi) is 6.05. The van der Waals surface area contributed by atoms with E-state index in [2.05, 4.69) is 31.7 Å². The molecule has 0 N–H and O–H groups in total. The van der Waals surface area contributed by atoms with Gasteiger partial charge in [0.1, 0.15) is 5.82 Å². The summed E-state index contributed by atoms with van der Waals surface area (Å²) >= 11 is 1.72. The van der Waals surface area contributed by atoms with Crippen LogP contribution in [0.3, 0.4) is 0 Å². The smallest absolute Gasteiger partial charge is 0.177 e. The van der Waals surface area contributed by atoms with E-state index in [1.54, 1.807) is 17.8 Å². The van der Waals surface area contributed by atoms with Gasteiger partial charge >= 0.3 is 0 Å². The fourth-order valence-electron chi connectivity index (χ4n) is 3.35. The highest BCUT2D eigenvalue weighted by Gasteiger charge is 2.17. The van der Waals surface area contributed by atoms with Gasteiger partial charge in [0.15, 0.2) is 5.65 Å². The van der Waals surface area contributed by atoms with Gasteiger partial charge in [0.25, 0.3) is 0 Å². The number of aromatic nitrogens is 3. The second-order valence-corrected chi connectivity index (χ2v) is 7.63. The second kappa shape index (κ2) is 8.30. The molecule has 0 radical (unpaired) electrons. The van der Waals surface area contributed by atoms with E-state index < -0.39 is 0 Å². The van der Waals surface area contributed by atoms with Crippen molar-refractivity contribution in [3.8, 4) is 0 Å². The van der Waals surface area contributed by atoms with Crippen LogP contribution >= 0.6 is 11.8 Å². The van der Waals surface area contributed by atoms with Crippen molar-refractivity contribution in [1.29, 1.82) is 0 Å². The molecule has 2 heterocycles. The van der Waals surface area contributed by atoms with Crippen LogP contribution < -0.4 is 4.90 Å². The Bertz CT molecular complexity index is 947. The van der Waals surface area contributed by atoms with E-state index in [-0.39, 0.29) is 5.82 Å². The minimum atomic E-state index is -0.177. The lowest BCUT2D eigenvalue weighted by Gasteiger charge is -2.21. The number of benzene rings is 1. The molecule has 0 aliphatic heterocycles. The molecule has 0 saturated heterocycles. The first kappa shape index (κ1) is 19.7. The SMILES string of the molecule is CCc1cc(F)ccc1SCc1c(C)nc2c(N(CC)CC)cc(C)nn12. The predicted molar refractivity (Wildman–Crippen MR) is 111 cm³/mol. The van der Waals surface area contributed by atoms with Crippen LogP contribution in [0, 0.1) is 19.7 Å². The van der Waals surface area contributed by atoms with Gasteiger partial charge in [0, 0.05) is 23.7 Å². The van der Waals surface area contributed by atoms with Crippen molar-refractivity contribution in [2.45, 2.75) is 51.7 Å². The summed E-state index contributed by atoms with van der Waals surface area (Å²) < 4.78 is 15.5. The zero-order chi connectivity index (χ0) is 19.6. The van der Waals surface area contributed by atoms with E-state index in [1.807, 2.05) is 24.4 Å². The first-order valence-electron chi connectivity index (χ1n) is 9.50. The van der Waals surface area contributed by atoms with Crippen LogP contribution in [0.5, 0.6) is 0 Å². The third-order valence-electron chi connectivity index (χ3n) is 4.85. The fourth-order valence-corrected chi connectivity index (χ4v) is 4.52. The van der Waals surface area contributed by atoms with Gasteiger partial charge in [0.2, 0.25) is 0 Å². The number of hydrogen-bond acceptors (Lipinski definition) is 4. The number of halogens is 1. The van der Waals surface area contributed by atoms with Crippen LogP contribution in [0.25, 0.3) is 5.65 Å². The van der Waals surface area contributed by atoms with Crippen molar-refractivity contribution in [3.63, 3.8) is 0 Å². The quantitative estimate of drug-likeness (QED) is 0.524. The summed E-state index contributed by atoms with van der Waals surface area (Å²) in [6.07, 6.45) is 0.815. The fraction of sp³-hybridized carbons (Fsp3) is 0.429. The lowest BCUT2D eigenvalue weighted by atomic mass is 10.2. The molecule has 144 valence electrons.